The summed E-state index contributed by atoms with van der Waals surface area (Å²) in [5.74, 6) is -0.712. The molecule has 1 aliphatic heterocycles. The van der Waals surface area contributed by atoms with Crippen LogP contribution in [0.1, 0.15) is 24.8 Å². The molecule has 5 heteroatoms. The Labute approximate surface area is 132 Å². The van der Waals surface area contributed by atoms with Gasteiger partial charge in [-0.3, -0.25) is 4.79 Å². The van der Waals surface area contributed by atoms with E-state index in [1.807, 2.05) is 18.2 Å². The van der Waals surface area contributed by atoms with Gasteiger partial charge in [-0.25, -0.2) is 0 Å². The molecule has 0 aromatic heterocycles. The van der Waals surface area contributed by atoms with Crippen molar-refractivity contribution in [1.29, 1.82) is 0 Å². The van der Waals surface area contributed by atoms with Gasteiger partial charge in [0.1, 0.15) is 0 Å². The molecule has 1 aromatic carbocycles. The zero-order valence-electron chi connectivity index (χ0n) is 11.1. The van der Waals surface area contributed by atoms with Crippen LogP contribution in [0.4, 0.5) is 0 Å². The maximum atomic E-state index is 10.5. The molecular formula is C15H22LiNO3. The number of rotatable bonds is 7. The second kappa shape index (κ2) is 9.20. The Kier molecular flexibility index (Phi) is 7.94. The van der Waals surface area contributed by atoms with Crippen molar-refractivity contribution in [3.05, 3.63) is 35.9 Å². The molecule has 106 valence electrons. The van der Waals surface area contributed by atoms with Crippen molar-refractivity contribution < 1.29 is 14.6 Å². The van der Waals surface area contributed by atoms with Gasteiger partial charge in [0.15, 0.2) is 0 Å². The van der Waals surface area contributed by atoms with E-state index in [4.69, 9.17) is 9.84 Å². The van der Waals surface area contributed by atoms with Gasteiger partial charge in [-0.15, -0.1) is 0 Å². The van der Waals surface area contributed by atoms with Gasteiger partial charge in [-0.05, 0) is 24.9 Å². The summed E-state index contributed by atoms with van der Waals surface area (Å²) in [7, 11) is 0. The summed E-state index contributed by atoms with van der Waals surface area (Å²) in [6, 6.07) is 10.2. The first-order valence-electron chi connectivity index (χ1n) is 6.84. The molecule has 20 heavy (non-hydrogen) atoms. The Morgan fingerprint density at radius 3 is 2.80 bits per heavy atom. The average Bonchev–Trinajstić information content (AvgIpc) is 2.85. The van der Waals surface area contributed by atoms with E-state index in [1.165, 1.54) is 5.56 Å². The Bertz CT molecular complexity index is 399. The number of carboxylic acids is 1. The van der Waals surface area contributed by atoms with Crippen molar-refractivity contribution in [3.8, 4) is 0 Å². The minimum absolute atomic E-state index is 0. The van der Waals surface area contributed by atoms with E-state index in [2.05, 4.69) is 17.0 Å². The fraction of sp³-hybridized carbons (Fsp3) is 0.533. The number of benzene rings is 1. The first kappa shape index (κ1) is 17.3. The van der Waals surface area contributed by atoms with E-state index in [1.54, 1.807) is 0 Å². The van der Waals surface area contributed by atoms with Crippen molar-refractivity contribution in [2.45, 2.75) is 32.0 Å². The summed E-state index contributed by atoms with van der Waals surface area (Å²) < 4.78 is 5.89. The number of ether oxygens (including phenoxy) is 1. The average molecular weight is 271 g/mol. The Morgan fingerprint density at radius 2 is 2.10 bits per heavy atom. The number of carboxylic acid groups (broad SMARTS) is 1. The van der Waals surface area contributed by atoms with Crippen LogP contribution in [0, 0.1) is 0 Å². The Balaban J connectivity index is 0.00000200. The molecule has 2 rings (SSSR count). The fourth-order valence-corrected chi connectivity index (χ4v) is 2.38. The summed E-state index contributed by atoms with van der Waals surface area (Å²) >= 11 is 0. The number of likely N-dealkylation sites (tertiary alicyclic amines) is 1. The molecule has 0 aliphatic carbocycles. The van der Waals surface area contributed by atoms with E-state index in [-0.39, 0.29) is 31.4 Å². The first-order valence-corrected chi connectivity index (χ1v) is 6.84. The first-order chi connectivity index (χ1) is 9.24. The summed E-state index contributed by atoms with van der Waals surface area (Å²) in [4.78, 5) is 12.7. The standard InChI is InChI=1S/C15H21NO3.Li.H/c17-15(18)7-4-9-16-10-8-14(11-16)19-12-13-5-2-1-3-6-13;;/h1-3,5-6,14H,4,7-12H2,(H,17,18);;/t14-;;/m1../s1. The van der Waals surface area contributed by atoms with Gasteiger partial charge >= 0.3 is 24.8 Å². The molecule has 0 bridgehead atoms. The van der Waals surface area contributed by atoms with Crippen LogP contribution in [0.15, 0.2) is 30.3 Å². The van der Waals surface area contributed by atoms with Gasteiger partial charge in [0, 0.05) is 19.5 Å². The minimum atomic E-state index is -0.712. The third-order valence-corrected chi connectivity index (χ3v) is 3.42. The normalized spacial score (nSPS) is 18.7. The summed E-state index contributed by atoms with van der Waals surface area (Å²) in [6.07, 6.45) is 2.30. The molecule has 1 aromatic rings. The van der Waals surface area contributed by atoms with Gasteiger partial charge in [-0.2, -0.15) is 0 Å². The quantitative estimate of drug-likeness (QED) is 0.763. The van der Waals surface area contributed by atoms with E-state index in [0.717, 1.165) is 32.5 Å². The van der Waals surface area contributed by atoms with Crippen LogP contribution in [0.3, 0.4) is 0 Å². The molecule has 0 radical (unpaired) electrons. The molecule has 1 heterocycles. The summed E-state index contributed by atoms with van der Waals surface area (Å²) in [5.41, 5.74) is 1.20. The van der Waals surface area contributed by atoms with Crippen LogP contribution >= 0.6 is 0 Å². The van der Waals surface area contributed by atoms with E-state index in [9.17, 15) is 4.79 Å². The molecule has 1 saturated heterocycles. The Morgan fingerprint density at radius 1 is 1.35 bits per heavy atom. The van der Waals surface area contributed by atoms with Gasteiger partial charge in [-0.1, -0.05) is 30.3 Å². The third kappa shape index (κ3) is 6.11. The van der Waals surface area contributed by atoms with E-state index >= 15 is 0 Å². The molecule has 0 spiro atoms. The van der Waals surface area contributed by atoms with Crippen LogP contribution in [0.5, 0.6) is 0 Å². The molecule has 0 unspecified atom stereocenters. The zero-order valence-corrected chi connectivity index (χ0v) is 11.1. The van der Waals surface area contributed by atoms with Crippen LogP contribution in [-0.2, 0) is 16.1 Å². The van der Waals surface area contributed by atoms with Crippen LogP contribution in [-0.4, -0.2) is 60.6 Å². The van der Waals surface area contributed by atoms with Crippen LogP contribution in [0.2, 0.25) is 0 Å². The molecule has 0 saturated carbocycles. The van der Waals surface area contributed by atoms with Crippen molar-refractivity contribution in [1.82, 2.24) is 4.90 Å². The topological polar surface area (TPSA) is 49.8 Å². The van der Waals surface area contributed by atoms with E-state index in [0.29, 0.717) is 6.61 Å². The van der Waals surface area contributed by atoms with Crippen molar-refractivity contribution in [3.63, 3.8) is 0 Å². The van der Waals surface area contributed by atoms with Gasteiger partial charge in [0.05, 0.1) is 12.7 Å². The summed E-state index contributed by atoms with van der Waals surface area (Å²) in [5, 5.41) is 8.61. The monoisotopic (exact) mass is 271 g/mol. The molecule has 1 atom stereocenters. The zero-order chi connectivity index (χ0) is 13.5. The molecule has 4 nitrogen and oxygen atoms in total. The van der Waals surface area contributed by atoms with Gasteiger partial charge in [0.2, 0.25) is 0 Å². The molecule has 0 amide bonds. The third-order valence-electron chi connectivity index (χ3n) is 3.42. The predicted molar refractivity (Wildman–Crippen MR) is 80.1 cm³/mol. The molecule has 1 N–H and O–H groups in total. The number of nitrogens with zero attached hydrogens (tertiary/aromatic N) is 1. The fourth-order valence-electron chi connectivity index (χ4n) is 2.38. The van der Waals surface area contributed by atoms with Gasteiger partial charge in [0.25, 0.3) is 0 Å². The maximum absolute atomic E-state index is 10.5. The van der Waals surface area contributed by atoms with Gasteiger partial charge < -0.3 is 14.7 Å². The van der Waals surface area contributed by atoms with E-state index < -0.39 is 5.97 Å². The second-order valence-electron chi connectivity index (χ2n) is 5.01. The Hall–Kier alpha value is -0.793. The molecular weight excluding hydrogens is 249 g/mol. The number of hydrogen-bond acceptors (Lipinski definition) is 3. The van der Waals surface area contributed by atoms with Crippen molar-refractivity contribution in [2.24, 2.45) is 0 Å². The molecule has 1 fully saturated rings. The summed E-state index contributed by atoms with van der Waals surface area (Å²) in [6.45, 7) is 3.46. The van der Waals surface area contributed by atoms with Crippen molar-refractivity contribution in [2.75, 3.05) is 19.6 Å². The number of hydrogen-bond donors (Lipinski definition) is 1. The van der Waals surface area contributed by atoms with Crippen LogP contribution in [0.25, 0.3) is 0 Å². The number of aliphatic carboxylic acids is 1. The predicted octanol–water partition coefficient (Wildman–Crippen LogP) is 1.49. The van der Waals surface area contributed by atoms with Crippen molar-refractivity contribution >= 4 is 24.8 Å². The SMILES string of the molecule is O=C(O)CCCN1CC[C@@H](OCc2ccccc2)C1.[LiH]. The second-order valence-corrected chi connectivity index (χ2v) is 5.01. The number of carbonyl (C=O) groups is 1. The molecule has 1 aliphatic rings. The van der Waals surface area contributed by atoms with Crippen LogP contribution < -0.4 is 0 Å².